The van der Waals surface area contributed by atoms with E-state index in [2.05, 4.69) is 16.0 Å². The monoisotopic (exact) mass is 593 g/mol. The zero-order valence-electron chi connectivity index (χ0n) is 27.4. The number of amides is 1. The number of esters is 2. The predicted molar refractivity (Wildman–Crippen MR) is 164 cm³/mol. The first-order valence-electron chi connectivity index (χ1n) is 15.0. The van der Waals surface area contributed by atoms with Crippen LogP contribution in [0.25, 0.3) is 0 Å². The van der Waals surface area contributed by atoms with Crippen LogP contribution in [0.2, 0.25) is 0 Å². The number of unbranched alkanes of at least 4 members (excludes halogenated alkanes) is 1. The van der Waals surface area contributed by atoms with Gasteiger partial charge in [0.05, 0.1) is 19.3 Å². The average Bonchev–Trinajstić information content (AvgIpc) is 2.87. The average molecular weight is 594 g/mol. The van der Waals surface area contributed by atoms with Crippen LogP contribution in [0.15, 0.2) is 24.3 Å². The number of methoxy groups -OCH3 is 1. The molecule has 2 atom stereocenters. The molecule has 1 aromatic rings. The summed E-state index contributed by atoms with van der Waals surface area (Å²) in [6.07, 6.45) is 2.14. The Labute approximate surface area is 253 Å². The molecule has 1 rings (SSSR count). The van der Waals surface area contributed by atoms with E-state index in [0.717, 1.165) is 24.0 Å². The number of hydrogen-bond donors (Lipinski definition) is 3. The van der Waals surface area contributed by atoms with Gasteiger partial charge in [-0.2, -0.15) is 0 Å². The first kappa shape index (κ1) is 37.3. The van der Waals surface area contributed by atoms with E-state index in [1.54, 1.807) is 0 Å². The molecular formula is C32H55N3O7. The molecule has 240 valence electrons. The van der Waals surface area contributed by atoms with Crippen LogP contribution in [-0.4, -0.2) is 73.7 Å². The molecule has 3 N–H and O–H groups in total. The second-order valence-corrected chi connectivity index (χ2v) is 12.9. The predicted octanol–water partition coefficient (Wildman–Crippen LogP) is 4.67. The lowest BCUT2D eigenvalue weighted by atomic mass is 9.97. The molecule has 0 aliphatic rings. The normalized spacial score (nSPS) is 13.5. The largest absolute Gasteiger partial charge is 0.468 e. The number of alkyl carbamates (subject to hydrolysis) is 1. The minimum absolute atomic E-state index is 0.101. The van der Waals surface area contributed by atoms with Gasteiger partial charge in [0.1, 0.15) is 24.3 Å². The van der Waals surface area contributed by atoms with Crippen molar-refractivity contribution in [1.29, 1.82) is 0 Å². The third-order valence-electron chi connectivity index (χ3n) is 6.11. The van der Waals surface area contributed by atoms with Gasteiger partial charge in [0.15, 0.2) is 0 Å². The molecule has 2 unspecified atom stereocenters. The van der Waals surface area contributed by atoms with Gasteiger partial charge in [0.2, 0.25) is 0 Å². The van der Waals surface area contributed by atoms with Gasteiger partial charge in [-0.05, 0) is 65.0 Å². The fourth-order valence-electron chi connectivity index (χ4n) is 4.22. The van der Waals surface area contributed by atoms with Crippen molar-refractivity contribution in [3.05, 3.63) is 35.4 Å². The molecule has 1 aromatic carbocycles. The van der Waals surface area contributed by atoms with Gasteiger partial charge in [-0.3, -0.25) is 9.59 Å². The van der Waals surface area contributed by atoms with Gasteiger partial charge < -0.3 is 34.9 Å². The summed E-state index contributed by atoms with van der Waals surface area (Å²) < 4.78 is 21.9. The third-order valence-corrected chi connectivity index (χ3v) is 6.11. The van der Waals surface area contributed by atoms with E-state index in [4.69, 9.17) is 18.9 Å². The lowest BCUT2D eigenvalue weighted by Gasteiger charge is -2.30. The maximum absolute atomic E-state index is 13.0. The summed E-state index contributed by atoms with van der Waals surface area (Å²) in [5.41, 5.74) is 0.762. The lowest BCUT2D eigenvalue weighted by Crippen LogP contribution is -2.48. The minimum Gasteiger partial charge on any atom is -0.468 e. The molecular weight excluding hydrogens is 538 g/mol. The Morgan fingerprint density at radius 3 is 1.93 bits per heavy atom. The molecule has 0 aromatic heterocycles. The number of hydrogen-bond acceptors (Lipinski definition) is 9. The Kier molecular flexibility index (Phi) is 16.1. The molecule has 10 heteroatoms. The van der Waals surface area contributed by atoms with E-state index in [1.165, 1.54) is 7.11 Å². The molecule has 1 amide bonds. The minimum atomic E-state index is -0.727. The lowest BCUT2D eigenvalue weighted by molar-refractivity contribution is -0.162. The van der Waals surface area contributed by atoms with Crippen LogP contribution >= 0.6 is 0 Å². The highest BCUT2D eigenvalue weighted by atomic mass is 16.6. The number of carbonyl (C=O) groups excluding carboxylic acids is 3. The Morgan fingerprint density at radius 2 is 1.38 bits per heavy atom. The van der Waals surface area contributed by atoms with Gasteiger partial charge in [-0.1, -0.05) is 52.0 Å². The first-order valence-corrected chi connectivity index (χ1v) is 15.0. The Balaban J connectivity index is 2.49. The van der Waals surface area contributed by atoms with Crippen molar-refractivity contribution in [2.45, 2.75) is 130 Å². The summed E-state index contributed by atoms with van der Waals surface area (Å²) >= 11 is 0. The van der Waals surface area contributed by atoms with Crippen molar-refractivity contribution >= 4 is 18.0 Å². The maximum Gasteiger partial charge on any atom is 0.407 e. The van der Waals surface area contributed by atoms with Crippen LogP contribution in [0.4, 0.5) is 4.79 Å². The Bertz CT molecular complexity index is 956. The van der Waals surface area contributed by atoms with E-state index >= 15 is 0 Å². The Morgan fingerprint density at radius 1 is 0.810 bits per heavy atom. The van der Waals surface area contributed by atoms with Gasteiger partial charge in [0.25, 0.3) is 0 Å². The van der Waals surface area contributed by atoms with Crippen molar-refractivity contribution in [3.63, 3.8) is 0 Å². The highest BCUT2D eigenvalue weighted by Gasteiger charge is 2.30. The zero-order valence-corrected chi connectivity index (χ0v) is 27.4. The topological polar surface area (TPSA) is 124 Å². The van der Waals surface area contributed by atoms with Gasteiger partial charge >= 0.3 is 18.0 Å². The first-order chi connectivity index (χ1) is 19.5. The summed E-state index contributed by atoms with van der Waals surface area (Å²) in [6, 6.07) is 7.05. The third kappa shape index (κ3) is 16.7. The molecule has 0 heterocycles. The van der Waals surface area contributed by atoms with E-state index in [0.29, 0.717) is 19.4 Å². The molecule has 0 radical (unpaired) electrons. The molecule has 0 aliphatic carbocycles. The van der Waals surface area contributed by atoms with Crippen molar-refractivity contribution in [2.24, 2.45) is 0 Å². The standard InChI is InChI=1S/C32H55N3O7/c1-22(2)34-26(28(36)39-10)13-11-12-18-33-30(38)40-20-25-16-14-24(15-17-25)19-32(8,9)42-29(37)27(35-23(3)4)21-41-31(5,6)7/h14-17,22-23,26-27,34-35H,11-13,18-21H2,1-10H3,(H,33,38). The fourth-order valence-corrected chi connectivity index (χ4v) is 4.22. The molecule has 0 saturated heterocycles. The molecule has 0 fully saturated rings. The second-order valence-electron chi connectivity index (χ2n) is 12.9. The molecule has 0 bridgehead atoms. The van der Waals surface area contributed by atoms with E-state index < -0.39 is 17.7 Å². The summed E-state index contributed by atoms with van der Waals surface area (Å²) in [6.45, 7) is 18.4. The number of rotatable bonds is 18. The fraction of sp³-hybridized carbons (Fsp3) is 0.719. The smallest absolute Gasteiger partial charge is 0.407 e. The van der Waals surface area contributed by atoms with Crippen LogP contribution < -0.4 is 16.0 Å². The summed E-state index contributed by atoms with van der Waals surface area (Å²) in [5.74, 6) is -0.620. The SMILES string of the molecule is COC(=O)C(CCCCNC(=O)OCc1ccc(CC(C)(C)OC(=O)C(COC(C)(C)C)NC(C)C)cc1)NC(C)C. The second kappa shape index (κ2) is 18.1. The quantitative estimate of drug-likeness (QED) is 0.127. The molecule has 0 saturated carbocycles. The number of carbonyl (C=O) groups is 3. The van der Waals surface area contributed by atoms with Crippen molar-refractivity contribution < 1.29 is 33.3 Å². The summed E-state index contributed by atoms with van der Waals surface area (Å²) in [7, 11) is 1.38. The van der Waals surface area contributed by atoms with E-state index in [-0.39, 0.29) is 48.9 Å². The van der Waals surface area contributed by atoms with Gasteiger partial charge in [-0.25, -0.2) is 4.79 Å². The number of nitrogens with one attached hydrogen (secondary N) is 3. The Hall–Kier alpha value is -2.69. The van der Waals surface area contributed by atoms with Crippen molar-refractivity contribution in [3.8, 4) is 0 Å². The van der Waals surface area contributed by atoms with Crippen LogP contribution in [0, 0.1) is 0 Å². The van der Waals surface area contributed by atoms with Crippen LogP contribution in [0.3, 0.4) is 0 Å². The van der Waals surface area contributed by atoms with Gasteiger partial charge in [-0.15, -0.1) is 0 Å². The van der Waals surface area contributed by atoms with E-state index in [9.17, 15) is 14.4 Å². The molecule has 0 aliphatic heterocycles. The highest BCUT2D eigenvalue weighted by Crippen LogP contribution is 2.20. The van der Waals surface area contributed by atoms with Crippen molar-refractivity contribution in [1.82, 2.24) is 16.0 Å². The van der Waals surface area contributed by atoms with Crippen LogP contribution in [0.5, 0.6) is 0 Å². The summed E-state index contributed by atoms with van der Waals surface area (Å²) in [4.78, 5) is 37.0. The number of benzene rings is 1. The summed E-state index contributed by atoms with van der Waals surface area (Å²) in [5, 5.41) is 9.18. The maximum atomic E-state index is 13.0. The number of ether oxygens (including phenoxy) is 4. The van der Waals surface area contributed by atoms with E-state index in [1.807, 2.05) is 86.6 Å². The van der Waals surface area contributed by atoms with Gasteiger partial charge in [0, 0.05) is 25.0 Å². The van der Waals surface area contributed by atoms with Crippen molar-refractivity contribution in [2.75, 3.05) is 20.3 Å². The molecule has 0 spiro atoms. The highest BCUT2D eigenvalue weighted by molar-refractivity contribution is 5.76. The molecule has 42 heavy (non-hydrogen) atoms. The molecule has 10 nitrogen and oxygen atoms in total. The van der Waals surface area contributed by atoms with Crippen LogP contribution in [0.1, 0.15) is 92.7 Å². The van der Waals surface area contributed by atoms with Crippen LogP contribution in [-0.2, 0) is 41.6 Å². The zero-order chi connectivity index (χ0) is 31.9.